The first-order valence-corrected chi connectivity index (χ1v) is 9.31. The predicted molar refractivity (Wildman–Crippen MR) is 103 cm³/mol. The lowest BCUT2D eigenvalue weighted by Gasteiger charge is -2.05. The van der Waals surface area contributed by atoms with Gasteiger partial charge in [0.05, 0.1) is 0 Å². The number of benzene rings is 1. The van der Waals surface area contributed by atoms with Gasteiger partial charge in [0.25, 0.3) is 5.91 Å². The van der Waals surface area contributed by atoms with Crippen LogP contribution in [0.3, 0.4) is 0 Å². The Morgan fingerprint density at radius 1 is 1.08 bits per heavy atom. The predicted octanol–water partition coefficient (Wildman–Crippen LogP) is 3.12. The number of nitrogens with zero attached hydrogens (tertiary/aromatic N) is 3. The topological polar surface area (TPSA) is 96.9 Å². The SMILES string of the molecule is O=C(CCNC(=O)c1ccc(Br)cc1)Nc1nnc(-c2ccccn2)s1. The fraction of sp³-hybridized carbons (Fsp3) is 0.118. The molecular weight excluding hydrogens is 418 g/mol. The largest absolute Gasteiger partial charge is 0.352 e. The molecule has 0 aliphatic rings. The van der Waals surface area contributed by atoms with E-state index in [1.54, 1.807) is 30.5 Å². The third-order valence-corrected chi connectivity index (χ3v) is 4.69. The van der Waals surface area contributed by atoms with Gasteiger partial charge < -0.3 is 10.6 Å². The van der Waals surface area contributed by atoms with Crippen LogP contribution in [-0.2, 0) is 4.79 Å². The van der Waals surface area contributed by atoms with E-state index in [0.29, 0.717) is 21.4 Å². The molecule has 3 rings (SSSR count). The van der Waals surface area contributed by atoms with Crippen LogP contribution in [0.15, 0.2) is 53.1 Å². The van der Waals surface area contributed by atoms with Gasteiger partial charge in [-0.05, 0) is 36.4 Å². The van der Waals surface area contributed by atoms with Crippen molar-refractivity contribution in [1.82, 2.24) is 20.5 Å². The molecule has 0 saturated carbocycles. The molecule has 2 N–H and O–H groups in total. The molecule has 0 aliphatic heterocycles. The van der Waals surface area contributed by atoms with Crippen LogP contribution in [0.1, 0.15) is 16.8 Å². The molecule has 0 saturated heterocycles. The van der Waals surface area contributed by atoms with E-state index in [-0.39, 0.29) is 24.8 Å². The van der Waals surface area contributed by atoms with Crippen LogP contribution in [0, 0.1) is 0 Å². The summed E-state index contributed by atoms with van der Waals surface area (Å²) in [5, 5.41) is 14.4. The average Bonchev–Trinajstić information content (AvgIpc) is 3.11. The Balaban J connectivity index is 1.46. The second kappa shape index (κ2) is 8.63. The number of aromatic nitrogens is 3. The summed E-state index contributed by atoms with van der Waals surface area (Å²) >= 11 is 4.56. The zero-order chi connectivity index (χ0) is 18.4. The van der Waals surface area contributed by atoms with Crippen LogP contribution in [-0.4, -0.2) is 33.5 Å². The second-order valence-electron chi connectivity index (χ2n) is 5.19. The summed E-state index contributed by atoms with van der Waals surface area (Å²) in [7, 11) is 0. The van der Waals surface area contributed by atoms with Crippen LogP contribution in [0.5, 0.6) is 0 Å². The van der Waals surface area contributed by atoms with Crippen molar-refractivity contribution >= 4 is 44.2 Å². The van der Waals surface area contributed by atoms with Crippen molar-refractivity contribution in [3.05, 3.63) is 58.7 Å². The number of nitrogens with one attached hydrogen (secondary N) is 2. The van der Waals surface area contributed by atoms with Gasteiger partial charge >= 0.3 is 0 Å². The van der Waals surface area contributed by atoms with E-state index < -0.39 is 0 Å². The van der Waals surface area contributed by atoms with Gasteiger partial charge in [-0.3, -0.25) is 14.6 Å². The van der Waals surface area contributed by atoms with Crippen LogP contribution >= 0.6 is 27.3 Å². The molecule has 0 fully saturated rings. The van der Waals surface area contributed by atoms with E-state index in [1.807, 2.05) is 18.2 Å². The number of hydrogen-bond acceptors (Lipinski definition) is 6. The molecule has 3 aromatic rings. The first-order chi connectivity index (χ1) is 12.6. The highest BCUT2D eigenvalue weighted by atomic mass is 79.9. The molecule has 26 heavy (non-hydrogen) atoms. The van der Waals surface area contributed by atoms with Gasteiger partial charge in [0, 0.05) is 29.2 Å². The summed E-state index contributed by atoms with van der Waals surface area (Å²) in [5.41, 5.74) is 1.24. The zero-order valence-corrected chi connectivity index (χ0v) is 15.9. The highest BCUT2D eigenvalue weighted by molar-refractivity contribution is 9.10. The number of amides is 2. The van der Waals surface area contributed by atoms with Crippen LogP contribution < -0.4 is 10.6 Å². The molecule has 9 heteroatoms. The fourth-order valence-corrected chi connectivity index (χ4v) is 3.04. The van der Waals surface area contributed by atoms with Crippen molar-refractivity contribution in [2.24, 2.45) is 0 Å². The van der Waals surface area contributed by atoms with E-state index in [1.165, 1.54) is 11.3 Å². The molecule has 7 nitrogen and oxygen atoms in total. The van der Waals surface area contributed by atoms with Crippen molar-refractivity contribution in [2.75, 3.05) is 11.9 Å². The maximum atomic E-state index is 12.0. The summed E-state index contributed by atoms with van der Waals surface area (Å²) < 4.78 is 0.899. The molecule has 132 valence electrons. The number of pyridine rings is 1. The van der Waals surface area contributed by atoms with Crippen molar-refractivity contribution in [3.63, 3.8) is 0 Å². The van der Waals surface area contributed by atoms with Gasteiger partial charge in [-0.1, -0.05) is 33.3 Å². The molecule has 0 radical (unpaired) electrons. The maximum Gasteiger partial charge on any atom is 0.251 e. The van der Waals surface area contributed by atoms with Gasteiger partial charge in [-0.25, -0.2) is 0 Å². The standard InChI is InChI=1S/C17H14BrN5O2S/c18-12-6-4-11(5-7-12)15(25)20-10-8-14(24)21-17-23-22-16(26-17)13-3-1-2-9-19-13/h1-7,9H,8,10H2,(H,20,25)(H,21,23,24). The summed E-state index contributed by atoms with van der Waals surface area (Å²) in [5.74, 6) is -0.469. The number of halogens is 1. The van der Waals surface area contributed by atoms with Crippen LogP contribution in [0.4, 0.5) is 5.13 Å². The lowest BCUT2D eigenvalue weighted by molar-refractivity contribution is -0.116. The zero-order valence-electron chi connectivity index (χ0n) is 13.5. The number of rotatable bonds is 6. The highest BCUT2D eigenvalue weighted by Crippen LogP contribution is 2.24. The monoisotopic (exact) mass is 431 g/mol. The summed E-state index contributed by atoms with van der Waals surface area (Å²) in [6.07, 6.45) is 1.81. The Kier molecular flexibility index (Phi) is 6.03. The average molecular weight is 432 g/mol. The normalized spacial score (nSPS) is 10.3. The molecule has 2 aromatic heterocycles. The summed E-state index contributed by atoms with van der Waals surface area (Å²) in [4.78, 5) is 28.1. The molecular formula is C17H14BrN5O2S. The van der Waals surface area contributed by atoms with E-state index in [9.17, 15) is 9.59 Å². The second-order valence-corrected chi connectivity index (χ2v) is 7.08. The lowest BCUT2D eigenvalue weighted by Crippen LogP contribution is -2.27. The first kappa shape index (κ1) is 18.2. The van der Waals surface area contributed by atoms with Crippen molar-refractivity contribution < 1.29 is 9.59 Å². The summed E-state index contributed by atoms with van der Waals surface area (Å²) in [6, 6.07) is 12.5. The van der Waals surface area contributed by atoms with Crippen molar-refractivity contribution in [3.8, 4) is 10.7 Å². The number of hydrogen-bond donors (Lipinski definition) is 2. The number of carbonyl (C=O) groups excluding carboxylic acids is 2. The summed E-state index contributed by atoms with van der Waals surface area (Å²) in [6.45, 7) is 0.229. The van der Waals surface area contributed by atoms with E-state index >= 15 is 0 Å². The van der Waals surface area contributed by atoms with Crippen molar-refractivity contribution in [2.45, 2.75) is 6.42 Å². The van der Waals surface area contributed by atoms with Gasteiger partial charge in [0.15, 0.2) is 5.01 Å². The van der Waals surface area contributed by atoms with E-state index in [0.717, 1.165) is 4.47 Å². The first-order valence-electron chi connectivity index (χ1n) is 7.70. The Morgan fingerprint density at radius 2 is 1.88 bits per heavy atom. The van der Waals surface area contributed by atoms with Gasteiger partial charge in [0.1, 0.15) is 5.69 Å². The Morgan fingerprint density at radius 3 is 2.62 bits per heavy atom. The van der Waals surface area contributed by atoms with Gasteiger partial charge in [0.2, 0.25) is 11.0 Å². The van der Waals surface area contributed by atoms with Gasteiger partial charge in [-0.15, -0.1) is 10.2 Å². The molecule has 0 bridgehead atoms. The number of carbonyl (C=O) groups is 2. The maximum absolute atomic E-state index is 12.0. The molecule has 1 aromatic carbocycles. The third-order valence-electron chi connectivity index (χ3n) is 3.30. The minimum absolute atomic E-state index is 0.140. The molecule has 0 aliphatic carbocycles. The molecule has 2 heterocycles. The highest BCUT2D eigenvalue weighted by Gasteiger charge is 2.11. The fourth-order valence-electron chi connectivity index (χ4n) is 2.04. The number of anilines is 1. The molecule has 0 atom stereocenters. The quantitative estimate of drug-likeness (QED) is 0.624. The molecule has 0 unspecified atom stereocenters. The van der Waals surface area contributed by atoms with Crippen LogP contribution in [0.25, 0.3) is 10.7 Å². The van der Waals surface area contributed by atoms with E-state index in [4.69, 9.17) is 0 Å². The minimum Gasteiger partial charge on any atom is -0.352 e. The van der Waals surface area contributed by atoms with Gasteiger partial charge in [-0.2, -0.15) is 0 Å². The molecule has 2 amide bonds. The Labute approximate surface area is 162 Å². The van der Waals surface area contributed by atoms with E-state index in [2.05, 4.69) is 41.7 Å². The Bertz CT molecular complexity index is 899. The Hall–Kier alpha value is -2.65. The van der Waals surface area contributed by atoms with Crippen LogP contribution in [0.2, 0.25) is 0 Å². The third kappa shape index (κ3) is 4.93. The molecule has 0 spiro atoms. The van der Waals surface area contributed by atoms with Crippen molar-refractivity contribution in [1.29, 1.82) is 0 Å². The minimum atomic E-state index is -0.246. The smallest absolute Gasteiger partial charge is 0.251 e. The lowest BCUT2D eigenvalue weighted by atomic mass is 10.2.